The smallest absolute Gasteiger partial charge is 0.211 e. The molecule has 2 unspecified atom stereocenters. The number of carbonyl (C=O) groups is 1. The van der Waals surface area contributed by atoms with Crippen molar-refractivity contribution >= 4 is 17.5 Å². The number of rotatable bonds is 5. The van der Waals surface area contributed by atoms with Crippen molar-refractivity contribution in [3.05, 3.63) is 35.1 Å². The van der Waals surface area contributed by atoms with Gasteiger partial charge in [0.1, 0.15) is 12.2 Å². The summed E-state index contributed by atoms with van der Waals surface area (Å²) in [6, 6.07) is 0.723. The molecule has 2 atom stereocenters. The summed E-state index contributed by atoms with van der Waals surface area (Å²) < 4.78 is 6.26. The van der Waals surface area contributed by atoms with Crippen molar-refractivity contribution in [2.75, 3.05) is 20.2 Å². The van der Waals surface area contributed by atoms with Gasteiger partial charge in [0, 0.05) is 11.8 Å². The second-order valence-electron chi connectivity index (χ2n) is 6.79. The fourth-order valence-corrected chi connectivity index (χ4v) is 5.40. The molecule has 0 aromatic heterocycles. The molecule has 1 saturated carbocycles. The number of likely N-dealkylation sites (N-methyl/N-ethyl adjacent to an activating group) is 1. The van der Waals surface area contributed by atoms with Gasteiger partial charge in [0.2, 0.25) is 5.78 Å². The van der Waals surface area contributed by atoms with Crippen molar-refractivity contribution in [3.63, 3.8) is 0 Å². The van der Waals surface area contributed by atoms with E-state index in [4.69, 9.17) is 4.74 Å². The van der Waals surface area contributed by atoms with Crippen LogP contribution in [0.5, 0.6) is 0 Å². The number of allylic oxidation sites excluding steroid dienone is 4. The van der Waals surface area contributed by atoms with Crippen LogP contribution < -0.4 is 0 Å². The van der Waals surface area contributed by atoms with Gasteiger partial charge in [0.25, 0.3) is 0 Å². The Morgan fingerprint density at radius 2 is 2.09 bits per heavy atom. The van der Waals surface area contributed by atoms with E-state index in [9.17, 15) is 4.79 Å². The highest BCUT2D eigenvalue weighted by molar-refractivity contribution is 8.04. The van der Waals surface area contributed by atoms with E-state index in [1.54, 1.807) is 18.9 Å². The Balaban J connectivity index is 1.79. The molecule has 0 aromatic rings. The van der Waals surface area contributed by atoms with Gasteiger partial charge in [0.05, 0.1) is 24.9 Å². The molecule has 0 N–H and O–H groups in total. The highest BCUT2D eigenvalue weighted by Gasteiger charge is 2.42. The highest BCUT2D eigenvalue weighted by atomic mass is 32.2. The number of thioether (sulfide) groups is 1. The maximum Gasteiger partial charge on any atom is 0.211 e. The maximum atomic E-state index is 12.4. The molecule has 3 aliphatic rings. The van der Waals surface area contributed by atoms with Crippen LogP contribution >= 0.6 is 11.8 Å². The third-order valence-electron chi connectivity index (χ3n) is 5.75. The fourth-order valence-electron chi connectivity index (χ4n) is 4.39. The van der Waals surface area contributed by atoms with Gasteiger partial charge in [-0.25, -0.2) is 0 Å². The van der Waals surface area contributed by atoms with Crippen LogP contribution in [-0.2, 0) is 9.53 Å². The molecule has 1 aliphatic carbocycles. The van der Waals surface area contributed by atoms with Crippen LogP contribution in [0, 0.1) is 0 Å². The lowest BCUT2D eigenvalue weighted by molar-refractivity contribution is -0.912. The molecular weight excluding hydrogens is 306 g/mol. The first-order valence-electron chi connectivity index (χ1n) is 8.88. The van der Waals surface area contributed by atoms with Crippen LogP contribution in [0.4, 0.5) is 0 Å². The second-order valence-corrected chi connectivity index (χ2v) is 7.87. The van der Waals surface area contributed by atoms with E-state index in [1.165, 1.54) is 37.8 Å². The summed E-state index contributed by atoms with van der Waals surface area (Å²) in [7, 11) is 1.59. The van der Waals surface area contributed by atoms with E-state index in [-0.39, 0.29) is 11.0 Å². The predicted molar refractivity (Wildman–Crippen MR) is 95.9 cm³/mol. The van der Waals surface area contributed by atoms with Gasteiger partial charge in [-0.05, 0) is 44.8 Å². The minimum atomic E-state index is -0.00431. The third kappa shape index (κ3) is 3.16. The summed E-state index contributed by atoms with van der Waals surface area (Å²) in [4.78, 5) is 12.4. The molecule has 2 heterocycles. The number of methoxy groups -OCH3 is 1. The van der Waals surface area contributed by atoms with Gasteiger partial charge < -0.3 is 4.74 Å². The summed E-state index contributed by atoms with van der Waals surface area (Å²) in [6.45, 7) is 4.52. The number of Topliss-reactive ketones (excluding diaryl/α,β-unsaturated/α-hetero) is 1. The van der Waals surface area contributed by atoms with Crippen LogP contribution in [0.3, 0.4) is 0 Å². The predicted octanol–water partition coefficient (Wildman–Crippen LogP) is 4.17. The first-order valence-corrected chi connectivity index (χ1v) is 9.82. The van der Waals surface area contributed by atoms with Crippen molar-refractivity contribution in [2.24, 2.45) is 0 Å². The largest absolute Gasteiger partial charge is 0.492 e. The zero-order valence-electron chi connectivity index (χ0n) is 14.3. The Kier molecular flexibility index (Phi) is 5.32. The second kappa shape index (κ2) is 7.27. The van der Waals surface area contributed by atoms with Crippen molar-refractivity contribution in [2.45, 2.75) is 56.7 Å². The molecule has 126 valence electrons. The molecule has 3 nitrogen and oxygen atoms in total. The van der Waals surface area contributed by atoms with Gasteiger partial charge in [0.15, 0.2) is 5.76 Å². The van der Waals surface area contributed by atoms with Crippen molar-refractivity contribution in [1.29, 1.82) is 0 Å². The minimum absolute atomic E-state index is 0.00431. The van der Waals surface area contributed by atoms with Crippen molar-refractivity contribution in [1.82, 2.24) is 0 Å². The summed E-state index contributed by atoms with van der Waals surface area (Å²) in [6.07, 6.45) is 14.4. The van der Waals surface area contributed by atoms with Crippen molar-refractivity contribution in [3.8, 4) is 0 Å². The zero-order valence-corrected chi connectivity index (χ0v) is 15.1. The highest BCUT2D eigenvalue weighted by Crippen LogP contribution is 2.39. The monoisotopic (exact) mass is 334 g/mol. The van der Waals surface area contributed by atoms with Gasteiger partial charge in [-0.3, -0.25) is 9.28 Å². The molecular formula is C19H28NO2S+. The molecule has 0 amide bonds. The topological polar surface area (TPSA) is 26.3 Å². The molecule has 0 saturated heterocycles. The Bertz CT molecular complexity index is 546. The van der Waals surface area contributed by atoms with Crippen LogP contribution in [0.2, 0.25) is 0 Å². The number of ketones is 1. The van der Waals surface area contributed by atoms with E-state index < -0.39 is 0 Å². The van der Waals surface area contributed by atoms with Gasteiger partial charge in [-0.1, -0.05) is 12.5 Å². The van der Waals surface area contributed by atoms with Crippen LogP contribution in [0.1, 0.15) is 45.4 Å². The van der Waals surface area contributed by atoms with Gasteiger partial charge in [-0.2, -0.15) is 0 Å². The molecule has 0 spiro atoms. The molecule has 1 fully saturated rings. The Morgan fingerprint density at radius 1 is 1.30 bits per heavy atom. The molecule has 2 aliphatic heterocycles. The summed E-state index contributed by atoms with van der Waals surface area (Å²) in [5, 5.41) is 1.88. The Labute approximate surface area is 144 Å². The number of nitrogens with zero attached hydrogens (tertiary/aromatic N) is 1. The van der Waals surface area contributed by atoms with Crippen LogP contribution in [0.15, 0.2) is 35.1 Å². The van der Waals surface area contributed by atoms with E-state index in [0.29, 0.717) is 5.76 Å². The first kappa shape index (κ1) is 16.8. The van der Waals surface area contributed by atoms with E-state index in [1.807, 2.05) is 5.41 Å². The Hall–Kier alpha value is -1.00. The molecule has 4 heteroatoms. The quantitative estimate of drug-likeness (QED) is 0.706. The number of quaternary nitrogens is 1. The average molecular weight is 335 g/mol. The summed E-state index contributed by atoms with van der Waals surface area (Å²) in [5.41, 5.74) is 1.44. The summed E-state index contributed by atoms with van der Waals surface area (Å²) >= 11 is 1.62. The van der Waals surface area contributed by atoms with Crippen molar-refractivity contribution < 1.29 is 14.0 Å². The number of hydrogen-bond acceptors (Lipinski definition) is 3. The molecule has 0 radical (unpaired) electrons. The number of ether oxygens (including phenoxy) is 1. The molecule has 0 bridgehead atoms. The van der Waals surface area contributed by atoms with E-state index in [0.717, 1.165) is 30.0 Å². The van der Waals surface area contributed by atoms with Crippen LogP contribution in [-0.4, -0.2) is 41.8 Å². The number of carbonyl (C=O) groups excluding carboxylic acids is 1. The minimum Gasteiger partial charge on any atom is -0.492 e. The normalized spacial score (nSPS) is 31.9. The van der Waals surface area contributed by atoms with E-state index in [2.05, 4.69) is 25.2 Å². The SMILES string of the molecule is CC[N+]1(C2CCCCC2)CC=CC=C1CC1SC=C(OC)C1=O. The molecule has 0 aromatic carbocycles. The Morgan fingerprint density at radius 3 is 2.74 bits per heavy atom. The molecule has 23 heavy (non-hydrogen) atoms. The third-order valence-corrected chi connectivity index (χ3v) is 6.81. The first-order chi connectivity index (χ1) is 11.2. The lowest BCUT2D eigenvalue weighted by Gasteiger charge is -2.47. The zero-order chi connectivity index (χ0) is 16.3. The standard InChI is InChI=1S/C19H28NO2S/c1-3-20(15-9-5-4-6-10-15)12-8-7-11-16(20)13-18-19(21)17(22-2)14-23-18/h7-8,11,14-15,18H,3-6,9-10,12-13H2,1-2H3/q+1. The maximum absolute atomic E-state index is 12.4. The number of hydrogen-bond donors (Lipinski definition) is 0. The lowest BCUT2D eigenvalue weighted by atomic mass is 9.89. The molecule has 3 rings (SSSR count). The average Bonchev–Trinajstić information content (AvgIpc) is 2.96. The van der Waals surface area contributed by atoms with E-state index >= 15 is 0 Å². The van der Waals surface area contributed by atoms with Gasteiger partial charge in [-0.15, -0.1) is 11.8 Å². The fraction of sp³-hybridized carbons (Fsp3) is 0.632. The van der Waals surface area contributed by atoms with Crippen LogP contribution in [0.25, 0.3) is 0 Å². The lowest BCUT2D eigenvalue weighted by Crippen LogP contribution is -2.56. The summed E-state index contributed by atoms with van der Waals surface area (Å²) in [5.74, 6) is 0.685. The van der Waals surface area contributed by atoms with Gasteiger partial charge >= 0.3 is 0 Å².